The first-order valence-electron chi connectivity index (χ1n) is 8.41. The fraction of sp³-hybridized carbons (Fsp3) is 0. The Kier molecular flexibility index (Phi) is 4.92. The minimum atomic E-state index is 0.754. The third-order valence-corrected chi connectivity index (χ3v) is 5.10. The molecule has 4 aromatic rings. The predicted octanol–water partition coefficient (Wildman–Crippen LogP) is 8.10. The summed E-state index contributed by atoms with van der Waals surface area (Å²) in [4.78, 5) is 0. The topological polar surface area (TPSA) is 0 Å². The van der Waals surface area contributed by atoms with Crippen LogP contribution in [0.4, 0.5) is 0 Å². The monoisotopic (exact) mass is 418 g/mol. The van der Waals surface area contributed by atoms with Crippen LogP contribution in [0.15, 0.2) is 102 Å². The van der Waals surface area contributed by atoms with Crippen LogP contribution in [0.2, 0.25) is 5.02 Å². The van der Waals surface area contributed by atoms with Crippen molar-refractivity contribution in [2.45, 2.75) is 0 Å². The maximum absolute atomic E-state index is 6.15. The molecule has 0 aliphatic carbocycles. The molecule has 0 aromatic heterocycles. The van der Waals surface area contributed by atoms with Crippen LogP contribution in [-0.4, -0.2) is 0 Å². The third-order valence-electron chi connectivity index (χ3n) is 4.37. The van der Waals surface area contributed by atoms with Crippen molar-refractivity contribution >= 4 is 27.5 Å². The van der Waals surface area contributed by atoms with Gasteiger partial charge in [0.25, 0.3) is 0 Å². The van der Waals surface area contributed by atoms with Crippen molar-refractivity contribution in [3.8, 4) is 33.4 Å². The van der Waals surface area contributed by atoms with E-state index in [-0.39, 0.29) is 0 Å². The van der Waals surface area contributed by atoms with Crippen LogP contribution < -0.4 is 0 Å². The normalized spacial score (nSPS) is 10.7. The van der Waals surface area contributed by atoms with E-state index in [4.69, 9.17) is 11.6 Å². The van der Waals surface area contributed by atoms with Gasteiger partial charge in [-0.3, -0.25) is 0 Å². The molecule has 0 nitrogen and oxygen atoms in total. The summed E-state index contributed by atoms with van der Waals surface area (Å²) in [6, 6.07) is 33.6. The smallest absolute Gasteiger partial charge is 0.0412 e. The van der Waals surface area contributed by atoms with Crippen LogP contribution in [0.1, 0.15) is 0 Å². The molecule has 0 radical (unpaired) electrons. The van der Waals surface area contributed by atoms with E-state index in [0.717, 1.165) is 20.6 Å². The van der Waals surface area contributed by atoms with Gasteiger partial charge in [0.2, 0.25) is 0 Å². The number of hydrogen-bond acceptors (Lipinski definition) is 0. The Morgan fingerprint density at radius 1 is 0.462 bits per heavy atom. The maximum Gasteiger partial charge on any atom is 0.0412 e. The highest BCUT2D eigenvalue weighted by atomic mass is 79.9. The minimum absolute atomic E-state index is 0.754. The van der Waals surface area contributed by atoms with Gasteiger partial charge >= 0.3 is 0 Å². The standard InChI is InChI=1S/C24H16BrCl/c25-23-11-3-9-21(15-23)19-7-1-5-17(13-19)18-6-2-8-20(14-18)22-10-4-12-24(26)16-22/h1-16H. The molecule has 126 valence electrons. The summed E-state index contributed by atoms with van der Waals surface area (Å²) >= 11 is 9.70. The lowest BCUT2D eigenvalue weighted by atomic mass is 9.96. The van der Waals surface area contributed by atoms with E-state index in [0.29, 0.717) is 0 Å². The van der Waals surface area contributed by atoms with Crippen LogP contribution >= 0.6 is 27.5 Å². The number of hydrogen-bond donors (Lipinski definition) is 0. The molecule has 0 spiro atoms. The molecule has 0 saturated heterocycles. The van der Waals surface area contributed by atoms with Gasteiger partial charge in [0, 0.05) is 9.50 Å². The van der Waals surface area contributed by atoms with Gasteiger partial charge in [-0.15, -0.1) is 0 Å². The van der Waals surface area contributed by atoms with Crippen molar-refractivity contribution in [2.24, 2.45) is 0 Å². The SMILES string of the molecule is Clc1cccc(-c2cccc(-c3cccc(-c4cccc(Br)c4)c3)c2)c1. The molecule has 0 amide bonds. The van der Waals surface area contributed by atoms with Crippen molar-refractivity contribution in [3.63, 3.8) is 0 Å². The van der Waals surface area contributed by atoms with Crippen LogP contribution in [0, 0.1) is 0 Å². The molecule has 0 aliphatic heterocycles. The fourth-order valence-corrected chi connectivity index (χ4v) is 3.68. The summed E-state index contributed by atoms with van der Waals surface area (Å²) in [6.45, 7) is 0. The predicted molar refractivity (Wildman–Crippen MR) is 115 cm³/mol. The lowest BCUT2D eigenvalue weighted by Gasteiger charge is -2.09. The first kappa shape index (κ1) is 17.1. The van der Waals surface area contributed by atoms with E-state index < -0.39 is 0 Å². The summed E-state index contributed by atoms with van der Waals surface area (Å²) in [5.41, 5.74) is 7.09. The Morgan fingerprint density at radius 2 is 0.846 bits per heavy atom. The zero-order valence-corrected chi connectivity index (χ0v) is 16.3. The van der Waals surface area contributed by atoms with Crippen molar-refractivity contribution < 1.29 is 0 Å². The van der Waals surface area contributed by atoms with E-state index >= 15 is 0 Å². The van der Waals surface area contributed by atoms with Crippen LogP contribution in [0.3, 0.4) is 0 Å². The van der Waals surface area contributed by atoms with E-state index in [1.165, 1.54) is 22.3 Å². The number of benzene rings is 4. The summed E-state index contributed by atoms with van der Waals surface area (Å²) in [6.07, 6.45) is 0. The molecule has 0 atom stereocenters. The molecule has 0 unspecified atom stereocenters. The Morgan fingerprint density at radius 3 is 1.31 bits per heavy atom. The van der Waals surface area contributed by atoms with Gasteiger partial charge in [-0.2, -0.15) is 0 Å². The van der Waals surface area contributed by atoms with Gasteiger partial charge < -0.3 is 0 Å². The second-order valence-electron chi connectivity index (χ2n) is 6.18. The Hall–Kier alpha value is -2.35. The van der Waals surface area contributed by atoms with Gasteiger partial charge in [-0.25, -0.2) is 0 Å². The van der Waals surface area contributed by atoms with Crippen LogP contribution in [0.25, 0.3) is 33.4 Å². The van der Waals surface area contributed by atoms with Crippen molar-refractivity contribution in [1.82, 2.24) is 0 Å². The van der Waals surface area contributed by atoms with E-state index in [1.54, 1.807) is 0 Å². The minimum Gasteiger partial charge on any atom is -0.0843 e. The van der Waals surface area contributed by atoms with Crippen molar-refractivity contribution in [3.05, 3.63) is 107 Å². The molecule has 4 aromatic carbocycles. The third kappa shape index (κ3) is 3.75. The number of rotatable bonds is 3. The number of halogens is 2. The van der Waals surface area contributed by atoms with Gasteiger partial charge in [0.1, 0.15) is 0 Å². The fourth-order valence-electron chi connectivity index (χ4n) is 3.09. The lowest BCUT2D eigenvalue weighted by Crippen LogP contribution is -1.83. The summed E-state index contributed by atoms with van der Waals surface area (Å²) in [5.74, 6) is 0. The maximum atomic E-state index is 6.15. The Labute approximate surface area is 167 Å². The second-order valence-corrected chi connectivity index (χ2v) is 7.53. The molecule has 0 saturated carbocycles. The van der Waals surface area contributed by atoms with E-state index in [2.05, 4.69) is 88.7 Å². The Balaban J connectivity index is 1.75. The van der Waals surface area contributed by atoms with Crippen molar-refractivity contribution in [2.75, 3.05) is 0 Å². The van der Waals surface area contributed by atoms with Gasteiger partial charge in [0.15, 0.2) is 0 Å². The largest absolute Gasteiger partial charge is 0.0843 e. The molecule has 0 bridgehead atoms. The molecule has 26 heavy (non-hydrogen) atoms. The van der Waals surface area contributed by atoms with Crippen LogP contribution in [0.5, 0.6) is 0 Å². The molecule has 4 rings (SSSR count). The van der Waals surface area contributed by atoms with Crippen LogP contribution in [-0.2, 0) is 0 Å². The Bertz CT molecular complexity index is 982. The molecule has 0 N–H and O–H groups in total. The molecular formula is C24H16BrCl. The summed E-state index contributed by atoms with van der Waals surface area (Å²) in [5, 5.41) is 0.754. The molecular weight excluding hydrogens is 404 g/mol. The van der Waals surface area contributed by atoms with Crippen molar-refractivity contribution in [1.29, 1.82) is 0 Å². The van der Waals surface area contributed by atoms with E-state index in [9.17, 15) is 0 Å². The second kappa shape index (κ2) is 7.49. The summed E-state index contributed by atoms with van der Waals surface area (Å²) < 4.78 is 1.09. The molecule has 2 heteroatoms. The summed E-state index contributed by atoms with van der Waals surface area (Å²) in [7, 11) is 0. The molecule has 0 heterocycles. The van der Waals surface area contributed by atoms with Gasteiger partial charge in [-0.05, 0) is 69.8 Å². The molecule has 0 fully saturated rings. The lowest BCUT2D eigenvalue weighted by molar-refractivity contribution is 1.56. The highest BCUT2D eigenvalue weighted by molar-refractivity contribution is 9.10. The quantitative estimate of drug-likeness (QED) is 0.314. The zero-order chi connectivity index (χ0) is 17.9. The average Bonchev–Trinajstić information content (AvgIpc) is 2.68. The first-order valence-corrected chi connectivity index (χ1v) is 9.58. The van der Waals surface area contributed by atoms with Gasteiger partial charge in [-0.1, -0.05) is 88.2 Å². The highest BCUT2D eigenvalue weighted by Gasteiger charge is 2.05. The van der Waals surface area contributed by atoms with E-state index in [1.807, 2.05) is 24.3 Å². The van der Waals surface area contributed by atoms with Gasteiger partial charge in [0.05, 0.1) is 0 Å². The first-order chi connectivity index (χ1) is 12.7. The average molecular weight is 420 g/mol. The highest BCUT2D eigenvalue weighted by Crippen LogP contribution is 2.31. The zero-order valence-electron chi connectivity index (χ0n) is 14.0. The molecule has 0 aliphatic rings.